The van der Waals surface area contributed by atoms with Crippen molar-refractivity contribution in [3.8, 4) is 0 Å². The molecule has 0 N–H and O–H groups in total. The van der Waals surface area contributed by atoms with E-state index in [9.17, 15) is 4.79 Å². The summed E-state index contributed by atoms with van der Waals surface area (Å²) >= 11 is 3.23. The molecule has 6 heteroatoms. The maximum absolute atomic E-state index is 12.9. The lowest BCUT2D eigenvalue weighted by Gasteiger charge is -2.21. The van der Waals surface area contributed by atoms with Crippen molar-refractivity contribution in [1.29, 1.82) is 0 Å². The highest BCUT2D eigenvalue weighted by Gasteiger charge is 2.21. The molecule has 0 atom stereocenters. The standard InChI is InChI=1S/C19H23N3OS2/c1-13-10-14(2)18-16(11-13)20-19(25-18)22(8-7-21(3)4)17(23)12-15-6-5-9-24-15/h5-6,9-11H,7-8,12H2,1-4H3. The van der Waals surface area contributed by atoms with Crippen molar-refractivity contribution in [2.24, 2.45) is 0 Å². The molecule has 1 amide bonds. The number of hydrogen-bond acceptors (Lipinski definition) is 5. The molecule has 1 aromatic carbocycles. The van der Waals surface area contributed by atoms with Crippen LogP contribution >= 0.6 is 22.7 Å². The summed E-state index contributed by atoms with van der Waals surface area (Å²) in [4.78, 5) is 22.7. The minimum absolute atomic E-state index is 0.109. The van der Waals surface area contributed by atoms with Gasteiger partial charge < -0.3 is 4.90 Å². The van der Waals surface area contributed by atoms with Gasteiger partial charge in [-0.3, -0.25) is 9.69 Å². The van der Waals surface area contributed by atoms with Gasteiger partial charge in [-0.2, -0.15) is 0 Å². The molecule has 0 radical (unpaired) electrons. The van der Waals surface area contributed by atoms with Gasteiger partial charge in [0.15, 0.2) is 5.13 Å². The Balaban J connectivity index is 1.93. The molecule has 132 valence electrons. The van der Waals surface area contributed by atoms with Crippen LogP contribution in [-0.2, 0) is 11.2 Å². The number of carbonyl (C=O) groups excluding carboxylic acids is 1. The minimum atomic E-state index is 0.109. The Bertz CT molecular complexity index is 868. The molecule has 0 fully saturated rings. The number of aromatic nitrogens is 1. The zero-order chi connectivity index (χ0) is 18.0. The van der Waals surface area contributed by atoms with Crippen molar-refractivity contribution in [2.75, 3.05) is 32.1 Å². The zero-order valence-electron chi connectivity index (χ0n) is 15.1. The summed E-state index contributed by atoms with van der Waals surface area (Å²) in [5.41, 5.74) is 3.40. The Hall–Kier alpha value is -1.76. The third-order valence-corrected chi connectivity index (χ3v) is 6.12. The van der Waals surface area contributed by atoms with Gasteiger partial charge in [-0.25, -0.2) is 4.98 Å². The van der Waals surface area contributed by atoms with Crippen molar-refractivity contribution in [3.05, 3.63) is 45.6 Å². The number of thiazole rings is 1. The molecule has 3 aromatic rings. The molecule has 25 heavy (non-hydrogen) atoms. The topological polar surface area (TPSA) is 36.4 Å². The van der Waals surface area contributed by atoms with E-state index < -0.39 is 0 Å². The van der Waals surface area contributed by atoms with Gasteiger partial charge in [-0.15, -0.1) is 11.3 Å². The fourth-order valence-corrected chi connectivity index (χ4v) is 4.52. The third kappa shape index (κ3) is 4.26. The molecule has 0 saturated heterocycles. The van der Waals surface area contributed by atoms with Crippen LogP contribution in [0.4, 0.5) is 5.13 Å². The number of thiophene rings is 1. The summed E-state index contributed by atoms with van der Waals surface area (Å²) in [7, 11) is 4.04. The van der Waals surface area contributed by atoms with Gasteiger partial charge >= 0.3 is 0 Å². The first-order valence-electron chi connectivity index (χ1n) is 8.29. The van der Waals surface area contributed by atoms with Crippen LogP contribution in [-0.4, -0.2) is 43.0 Å². The van der Waals surface area contributed by atoms with Crippen LogP contribution in [0.3, 0.4) is 0 Å². The van der Waals surface area contributed by atoms with E-state index in [-0.39, 0.29) is 5.91 Å². The van der Waals surface area contributed by atoms with Crippen LogP contribution in [0.2, 0.25) is 0 Å². The van der Waals surface area contributed by atoms with Crippen molar-refractivity contribution in [1.82, 2.24) is 9.88 Å². The number of likely N-dealkylation sites (N-methyl/N-ethyl adjacent to an activating group) is 1. The highest BCUT2D eigenvalue weighted by atomic mass is 32.1. The Labute approximate surface area is 156 Å². The molecule has 0 aliphatic rings. The number of amides is 1. The second-order valence-electron chi connectivity index (χ2n) is 6.53. The predicted molar refractivity (Wildman–Crippen MR) is 108 cm³/mol. The molecule has 0 aliphatic carbocycles. The molecular formula is C19H23N3OS2. The van der Waals surface area contributed by atoms with Gasteiger partial charge in [0, 0.05) is 18.0 Å². The molecular weight excluding hydrogens is 350 g/mol. The SMILES string of the molecule is Cc1cc(C)c2sc(N(CCN(C)C)C(=O)Cc3cccs3)nc2c1. The second-order valence-corrected chi connectivity index (χ2v) is 8.54. The maximum atomic E-state index is 12.9. The van der Waals surface area contributed by atoms with E-state index in [1.807, 2.05) is 36.5 Å². The zero-order valence-corrected chi connectivity index (χ0v) is 16.7. The average Bonchev–Trinajstić information content (AvgIpc) is 3.16. The average molecular weight is 374 g/mol. The largest absolute Gasteiger partial charge is 0.308 e. The van der Waals surface area contributed by atoms with Crippen molar-refractivity contribution in [3.63, 3.8) is 0 Å². The van der Waals surface area contributed by atoms with E-state index in [1.54, 1.807) is 22.7 Å². The lowest BCUT2D eigenvalue weighted by molar-refractivity contribution is -0.118. The number of aryl methyl sites for hydroxylation is 2. The van der Waals surface area contributed by atoms with Crippen LogP contribution in [0.5, 0.6) is 0 Å². The van der Waals surface area contributed by atoms with Gasteiger partial charge in [0.1, 0.15) is 0 Å². The number of benzene rings is 1. The first kappa shape index (κ1) is 18.0. The highest BCUT2D eigenvalue weighted by Crippen LogP contribution is 2.32. The van der Waals surface area contributed by atoms with E-state index in [0.29, 0.717) is 13.0 Å². The van der Waals surface area contributed by atoms with Crippen LogP contribution in [0.15, 0.2) is 29.6 Å². The second kappa shape index (κ2) is 7.64. The molecule has 2 aromatic heterocycles. The smallest absolute Gasteiger partial charge is 0.234 e. The van der Waals surface area contributed by atoms with Gasteiger partial charge in [0.2, 0.25) is 5.91 Å². The summed E-state index contributed by atoms with van der Waals surface area (Å²) in [5.74, 6) is 0.109. The third-order valence-electron chi connectivity index (χ3n) is 4.02. The molecule has 3 rings (SSSR count). The first-order valence-corrected chi connectivity index (χ1v) is 9.99. The fraction of sp³-hybridized carbons (Fsp3) is 0.368. The highest BCUT2D eigenvalue weighted by molar-refractivity contribution is 7.22. The number of anilines is 1. The van der Waals surface area contributed by atoms with Crippen molar-refractivity contribution >= 4 is 43.9 Å². The van der Waals surface area contributed by atoms with Crippen LogP contribution in [0.25, 0.3) is 10.2 Å². The van der Waals surface area contributed by atoms with Gasteiger partial charge in [-0.05, 0) is 56.6 Å². The predicted octanol–water partition coefficient (Wildman–Crippen LogP) is 4.11. The van der Waals surface area contributed by atoms with Crippen LogP contribution in [0, 0.1) is 13.8 Å². The molecule has 0 saturated carbocycles. The summed E-state index contributed by atoms with van der Waals surface area (Å²) in [6.45, 7) is 5.64. The molecule has 4 nitrogen and oxygen atoms in total. The van der Waals surface area contributed by atoms with Crippen molar-refractivity contribution < 1.29 is 4.79 Å². The maximum Gasteiger partial charge on any atom is 0.234 e. The lowest BCUT2D eigenvalue weighted by Crippen LogP contribution is -2.37. The number of nitrogens with zero attached hydrogens (tertiary/aromatic N) is 3. The summed E-state index contributed by atoms with van der Waals surface area (Å²) < 4.78 is 1.17. The quantitative estimate of drug-likeness (QED) is 0.652. The molecule has 2 heterocycles. The van der Waals surface area contributed by atoms with E-state index in [0.717, 1.165) is 22.1 Å². The summed E-state index contributed by atoms with van der Waals surface area (Å²) in [6, 6.07) is 8.26. The molecule has 0 spiro atoms. The number of rotatable bonds is 6. The lowest BCUT2D eigenvalue weighted by atomic mass is 10.1. The number of fused-ring (bicyclic) bond motifs is 1. The van der Waals surface area contributed by atoms with E-state index in [2.05, 4.69) is 30.9 Å². The van der Waals surface area contributed by atoms with E-state index in [4.69, 9.17) is 4.98 Å². The Morgan fingerprint density at radius 2 is 2.00 bits per heavy atom. The van der Waals surface area contributed by atoms with E-state index >= 15 is 0 Å². The Kier molecular flexibility index (Phi) is 5.51. The Morgan fingerprint density at radius 3 is 2.68 bits per heavy atom. The van der Waals surface area contributed by atoms with Crippen LogP contribution in [0.1, 0.15) is 16.0 Å². The number of hydrogen-bond donors (Lipinski definition) is 0. The summed E-state index contributed by atoms with van der Waals surface area (Å²) in [5, 5.41) is 2.81. The van der Waals surface area contributed by atoms with Gasteiger partial charge in [0.05, 0.1) is 16.6 Å². The van der Waals surface area contributed by atoms with E-state index in [1.165, 1.54) is 15.8 Å². The molecule has 0 aliphatic heterocycles. The Morgan fingerprint density at radius 1 is 1.20 bits per heavy atom. The van der Waals surface area contributed by atoms with Crippen molar-refractivity contribution in [2.45, 2.75) is 20.3 Å². The fourth-order valence-electron chi connectivity index (χ4n) is 2.77. The van der Waals surface area contributed by atoms with Crippen LogP contribution < -0.4 is 4.90 Å². The van der Waals surface area contributed by atoms with Gasteiger partial charge in [-0.1, -0.05) is 23.5 Å². The minimum Gasteiger partial charge on any atom is -0.308 e. The monoisotopic (exact) mass is 373 g/mol. The number of carbonyl (C=O) groups is 1. The molecule has 0 unspecified atom stereocenters. The first-order chi connectivity index (χ1) is 11.9. The molecule has 0 bridgehead atoms. The van der Waals surface area contributed by atoms with Gasteiger partial charge in [0.25, 0.3) is 0 Å². The normalized spacial score (nSPS) is 11.4. The summed E-state index contributed by atoms with van der Waals surface area (Å²) in [6.07, 6.45) is 0.430.